The van der Waals surface area contributed by atoms with Crippen molar-refractivity contribution in [2.24, 2.45) is 5.73 Å². The first kappa shape index (κ1) is 38.8. The lowest BCUT2D eigenvalue weighted by molar-refractivity contribution is -0.106. The first-order valence-corrected chi connectivity index (χ1v) is 15.2. The SMILES string of the molecule is CC.CC=O.CN.COc1cc2c(c(OC)c1OC)-c1ccc(COP(OC(C)(C)C)OC(C)(C)C)cc1CCC2. The van der Waals surface area contributed by atoms with E-state index in [1.165, 1.54) is 25.1 Å². The number of aldehydes is 1. The maximum atomic E-state index is 8.81. The number of hydrogen-bond donors (Lipinski definition) is 1. The van der Waals surface area contributed by atoms with E-state index in [4.69, 9.17) is 32.6 Å². The van der Waals surface area contributed by atoms with Crippen LogP contribution in [-0.2, 0) is 37.8 Å². The van der Waals surface area contributed by atoms with E-state index in [2.05, 4.69) is 30.0 Å². The zero-order chi connectivity index (χ0) is 31.8. The van der Waals surface area contributed by atoms with Crippen LogP contribution in [0, 0.1) is 0 Å². The summed E-state index contributed by atoms with van der Waals surface area (Å²) in [5, 5.41) is 0. The third-order valence-corrected chi connectivity index (χ3v) is 7.01. The molecule has 0 fully saturated rings. The number of ether oxygens (including phenoxy) is 3. The molecule has 1 aliphatic rings. The Morgan fingerprint density at radius 3 is 1.80 bits per heavy atom. The third-order valence-electron chi connectivity index (χ3n) is 5.28. The van der Waals surface area contributed by atoms with Crippen molar-refractivity contribution >= 4 is 14.9 Å². The topological polar surface area (TPSA) is 98.5 Å². The van der Waals surface area contributed by atoms with Crippen LogP contribution < -0.4 is 19.9 Å². The summed E-state index contributed by atoms with van der Waals surface area (Å²) in [5.74, 6) is 2.02. The molecule has 0 amide bonds. The van der Waals surface area contributed by atoms with Gasteiger partial charge in [0.25, 0.3) is 0 Å². The predicted octanol–water partition coefficient (Wildman–Crippen LogP) is 8.05. The van der Waals surface area contributed by atoms with Gasteiger partial charge in [-0.15, -0.1) is 0 Å². The van der Waals surface area contributed by atoms with Gasteiger partial charge >= 0.3 is 8.60 Å². The Hall–Kier alpha value is -2.22. The van der Waals surface area contributed by atoms with Gasteiger partial charge in [0.15, 0.2) is 11.5 Å². The maximum absolute atomic E-state index is 8.81. The van der Waals surface area contributed by atoms with E-state index in [1.54, 1.807) is 21.3 Å². The first-order valence-electron chi connectivity index (χ1n) is 14.1. The molecular formula is C32H54NO7P. The Labute approximate surface area is 250 Å². The zero-order valence-electron chi connectivity index (χ0n) is 27.6. The highest BCUT2D eigenvalue weighted by atomic mass is 31.2. The molecule has 234 valence electrons. The molecule has 0 unspecified atom stereocenters. The van der Waals surface area contributed by atoms with Crippen LogP contribution in [0.3, 0.4) is 0 Å². The number of carbonyl (C=O) groups is 1. The van der Waals surface area contributed by atoms with Crippen molar-refractivity contribution in [3.8, 4) is 28.4 Å². The van der Waals surface area contributed by atoms with Gasteiger partial charge in [-0.2, -0.15) is 0 Å². The Balaban J connectivity index is 0.00000210. The summed E-state index contributed by atoms with van der Waals surface area (Å²) in [6.07, 6.45) is 3.70. The molecule has 0 heterocycles. The second-order valence-corrected chi connectivity index (χ2v) is 11.7. The fraction of sp³-hybridized carbons (Fsp3) is 0.594. The molecule has 0 saturated heterocycles. The standard InChI is InChI=1S/C27H39O6P.C2H4O.C2H6.CH5N/c1-26(2,3)32-34(33-27(4,5)6)31-17-18-13-14-21-19(15-18)11-10-12-20-16-22(28-7)24(29-8)25(30-9)23(20)21;1-2-3;2*1-2/h13-16H,10-12,17H2,1-9H3;2H,1H3;1-2H3;2H2,1H3. The fourth-order valence-electron chi connectivity index (χ4n) is 4.00. The Morgan fingerprint density at radius 1 is 0.829 bits per heavy atom. The van der Waals surface area contributed by atoms with Gasteiger partial charge in [0.2, 0.25) is 5.75 Å². The molecule has 9 heteroatoms. The van der Waals surface area contributed by atoms with Crippen molar-refractivity contribution in [1.82, 2.24) is 0 Å². The van der Waals surface area contributed by atoms with E-state index in [9.17, 15) is 0 Å². The van der Waals surface area contributed by atoms with Crippen molar-refractivity contribution < 1.29 is 32.6 Å². The molecule has 0 aliphatic heterocycles. The van der Waals surface area contributed by atoms with Gasteiger partial charge in [0.05, 0.1) is 39.1 Å². The molecule has 0 spiro atoms. The number of hydrogen-bond acceptors (Lipinski definition) is 8. The molecule has 41 heavy (non-hydrogen) atoms. The van der Waals surface area contributed by atoms with Crippen LogP contribution in [-0.4, -0.2) is 45.9 Å². The van der Waals surface area contributed by atoms with E-state index in [0.717, 1.165) is 42.2 Å². The van der Waals surface area contributed by atoms with E-state index >= 15 is 0 Å². The maximum Gasteiger partial charge on any atom is 0.334 e. The number of benzene rings is 2. The third kappa shape index (κ3) is 12.7. The molecule has 2 aromatic carbocycles. The molecule has 3 rings (SSSR count). The van der Waals surface area contributed by atoms with Gasteiger partial charge in [0.1, 0.15) is 6.29 Å². The summed E-state index contributed by atoms with van der Waals surface area (Å²) in [6, 6.07) is 8.56. The Bertz CT molecular complexity index is 1030. The highest BCUT2D eigenvalue weighted by Crippen LogP contribution is 2.50. The lowest BCUT2D eigenvalue weighted by Crippen LogP contribution is -2.22. The summed E-state index contributed by atoms with van der Waals surface area (Å²) in [6.45, 7) is 17.9. The number of carbonyl (C=O) groups excluding carboxylic acids is 1. The zero-order valence-corrected chi connectivity index (χ0v) is 28.5. The molecule has 0 radical (unpaired) electrons. The van der Waals surface area contributed by atoms with E-state index in [0.29, 0.717) is 23.9 Å². The van der Waals surface area contributed by atoms with Gasteiger partial charge in [-0.05, 0) is 103 Å². The predicted molar refractivity (Wildman–Crippen MR) is 170 cm³/mol. The van der Waals surface area contributed by atoms with Crippen molar-refractivity contribution in [2.45, 2.75) is 99.4 Å². The summed E-state index contributed by atoms with van der Waals surface area (Å²) >= 11 is 0. The van der Waals surface area contributed by atoms with E-state index in [-0.39, 0.29) is 11.2 Å². The minimum Gasteiger partial charge on any atom is -0.493 e. The van der Waals surface area contributed by atoms with Gasteiger partial charge < -0.3 is 38.3 Å². The summed E-state index contributed by atoms with van der Waals surface area (Å²) < 4.78 is 35.3. The molecule has 2 N–H and O–H groups in total. The smallest absolute Gasteiger partial charge is 0.334 e. The molecule has 0 bridgehead atoms. The van der Waals surface area contributed by atoms with Crippen molar-refractivity contribution in [3.05, 3.63) is 41.0 Å². The fourth-order valence-corrected chi connectivity index (χ4v) is 5.29. The number of methoxy groups -OCH3 is 3. The second kappa shape index (κ2) is 19.1. The van der Waals surface area contributed by atoms with E-state index in [1.807, 2.05) is 55.4 Å². The number of aryl methyl sites for hydroxylation is 2. The summed E-state index contributed by atoms with van der Waals surface area (Å²) in [5.41, 5.74) is 9.59. The molecular weight excluding hydrogens is 541 g/mol. The van der Waals surface area contributed by atoms with Gasteiger partial charge in [0, 0.05) is 5.56 Å². The first-order chi connectivity index (χ1) is 19.4. The van der Waals surface area contributed by atoms with Crippen LogP contribution >= 0.6 is 8.60 Å². The summed E-state index contributed by atoms with van der Waals surface area (Å²) in [7, 11) is 4.98. The highest BCUT2D eigenvalue weighted by Gasteiger charge is 2.28. The van der Waals surface area contributed by atoms with Gasteiger partial charge in [-0.1, -0.05) is 32.0 Å². The molecule has 0 atom stereocenters. The summed E-state index contributed by atoms with van der Waals surface area (Å²) in [4.78, 5) is 8.81. The van der Waals surface area contributed by atoms with Gasteiger partial charge in [-0.25, -0.2) is 0 Å². The van der Waals surface area contributed by atoms with Crippen LogP contribution in [0.25, 0.3) is 11.1 Å². The number of rotatable bonds is 8. The van der Waals surface area contributed by atoms with Crippen LogP contribution in [0.1, 0.15) is 85.4 Å². The van der Waals surface area contributed by atoms with Crippen LogP contribution in [0.4, 0.5) is 0 Å². The number of nitrogens with two attached hydrogens (primary N) is 1. The lowest BCUT2D eigenvalue weighted by atomic mass is 9.93. The van der Waals surface area contributed by atoms with E-state index < -0.39 is 8.60 Å². The largest absolute Gasteiger partial charge is 0.493 e. The average Bonchev–Trinajstić information content (AvgIpc) is 3.10. The number of fused-ring (bicyclic) bond motifs is 3. The Kier molecular flexibility index (Phi) is 18.0. The molecule has 2 aromatic rings. The van der Waals surface area contributed by atoms with Crippen molar-refractivity contribution in [2.75, 3.05) is 28.4 Å². The lowest BCUT2D eigenvalue weighted by Gasteiger charge is -2.30. The van der Waals surface area contributed by atoms with Gasteiger partial charge in [-0.3, -0.25) is 0 Å². The normalized spacial score (nSPS) is 12.1. The van der Waals surface area contributed by atoms with Crippen molar-refractivity contribution in [1.29, 1.82) is 0 Å². The molecule has 8 nitrogen and oxygen atoms in total. The van der Waals surface area contributed by atoms with Crippen LogP contribution in [0.2, 0.25) is 0 Å². The monoisotopic (exact) mass is 595 g/mol. The Morgan fingerprint density at radius 2 is 1.34 bits per heavy atom. The second-order valence-electron chi connectivity index (χ2n) is 10.7. The van der Waals surface area contributed by atoms with Crippen molar-refractivity contribution in [3.63, 3.8) is 0 Å². The average molecular weight is 596 g/mol. The molecule has 1 aliphatic carbocycles. The van der Waals surface area contributed by atoms with Crippen LogP contribution in [0.15, 0.2) is 24.3 Å². The van der Waals surface area contributed by atoms with Crippen LogP contribution in [0.5, 0.6) is 17.2 Å². The quantitative estimate of drug-likeness (QED) is 0.242. The minimum absolute atomic E-state index is 0.356. The molecule has 0 aromatic heterocycles. The highest BCUT2D eigenvalue weighted by molar-refractivity contribution is 7.41. The minimum atomic E-state index is -1.49. The molecule has 0 saturated carbocycles.